The second-order valence-corrected chi connectivity index (χ2v) is 20.5. The summed E-state index contributed by atoms with van der Waals surface area (Å²) in [7, 11) is 6.61. The van der Waals surface area contributed by atoms with E-state index < -0.39 is 79.5 Å². The number of carbonyl (C=O) groups excluding carboxylic acids is 3. The molecule has 478 valence electrons. The third-order valence-electron chi connectivity index (χ3n) is 14.2. The van der Waals surface area contributed by atoms with Crippen molar-refractivity contribution in [2.75, 3.05) is 41.7 Å². The molecule has 2 N–H and O–H groups in total. The number of methoxy groups -OCH3 is 4. The molecule has 26 nitrogen and oxygen atoms in total. The number of benzene rings is 5. The van der Waals surface area contributed by atoms with E-state index in [0.29, 0.717) is 19.3 Å². The Kier molecular flexibility index (Phi) is 34.1. The van der Waals surface area contributed by atoms with E-state index >= 15 is 0 Å². The van der Waals surface area contributed by atoms with E-state index in [4.69, 9.17) is 71.4 Å². The van der Waals surface area contributed by atoms with Crippen LogP contribution in [-0.4, -0.2) is 162 Å². The highest BCUT2D eigenvalue weighted by atomic mass is 35.5. The van der Waals surface area contributed by atoms with E-state index in [1.54, 1.807) is 28.4 Å². The predicted molar refractivity (Wildman–Crippen MR) is 317 cm³/mol. The van der Waals surface area contributed by atoms with Gasteiger partial charge in [0, 0.05) is 95.1 Å². The first-order valence-corrected chi connectivity index (χ1v) is 28.8. The van der Waals surface area contributed by atoms with Gasteiger partial charge < -0.3 is 48.1 Å². The van der Waals surface area contributed by atoms with Gasteiger partial charge >= 0.3 is 35.1 Å². The lowest BCUT2D eigenvalue weighted by Crippen LogP contribution is -2.36. The molecule has 5 aromatic carbocycles. The van der Waals surface area contributed by atoms with Gasteiger partial charge in [-0.1, -0.05) is 60.7 Å². The Morgan fingerprint density at radius 1 is 0.545 bits per heavy atom. The fourth-order valence-electron chi connectivity index (χ4n) is 9.76. The van der Waals surface area contributed by atoms with Gasteiger partial charge in [-0.15, -0.1) is 0 Å². The molecule has 2 fully saturated rings. The molecule has 12 atom stereocenters. The van der Waals surface area contributed by atoms with Crippen molar-refractivity contribution in [3.8, 4) is 0 Å². The SMILES string of the molecule is COC(C)CC1O[C@H](C[C@@H](COC(=O)c2ccc([N+](=O)[O-])cc2)OC(=O)c2ccc([N+](=O)[O-])cc2)[C@H](OC)[C@H]1Cc1ccccc1.COC(C)CC1O[C@H](C[C@H](O)CO)[C@H](OC)[C@H]1Cc1ccccc1.O=C(Cl)c1ccc([N+](=O)[O-])cc1.O=S=O.O=S=O. The molecule has 0 spiro atoms. The van der Waals surface area contributed by atoms with Gasteiger partial charge in [0.1, 0.15) is 12.7 Å². The molecule has 2 saturated heterocycles. The molecule has 88 heavy (non-hydrogen) atoms. The summed E-state index contributed by atoms with van der Waals surface area (Å²) in [5, 5.41) is 50.5. The number of rotatable bonds is 26. The molecule has 0 radical (unpaired) electrons. The van der Waals surface area contributed by atoms with Crippen molar-refractivity contribution < 1.29 is 94.1 Å². The number of halogens is 1. The molecule has 5 aromatic rings. The van der Waals surface area contributed by atoms with Crippen LogP contribution in [0.3, 0.4) is 0 Å². The molecule has 2 aliphatic heterocycles. The highest BCUT2D eigenvalue weighted by Crippen LogP contribution is 2.39. The number of nitro groups is 3. The van der Waals surface area contributed by atoms with Crippen LogP contribution < -0.4 is 0 Å². The largest absolute Gasteiger partial charge is 0.458 e. The van der Waals surface area contributed by atoms with Crippen LogP contribution in [0.15, 0.2) is 133 Å². The van der Waals surface area contributed by atoms with Crippen molar-refractivity contribution in [3.63, 3.8) is 0 Å². The van der Waals surface area contributed by atoms with Crippen molar-refractivity contribution in [1.29, 1.82) is 0 Å². The van der Waals surface area contributed by atoms with Crippen LogP contribution in [0.25, 0.3) is 0 Å². The van der Waals surface area contributed by atoms with E-state index in [0.717, 1.165) is 18.4 Å². The van der Waals surface area contributed by atoms with Gasteiger partial charge in [0.2, 0.25) is 0 Å². The molecular formula is C59H70ClN3O23S2. The number of nitrogens with zero attached hydrogens (tertiary/aromatic N) is 3. The smallest absolute Gasteiger partial charge is 0.338 e. The van der Waals surface area contributed by atoms with E-state index in [1.807, 2.05) is 62.4 Å². The number of esters is 2. The molecule has 2 heterocycles. The summed E-state index contributed by atoms with van der Waals surface area (Å²) in [5.41, 5.74) is 2.32. The fourth-order valence-corrected chi connectivity index (χ4v) is 9.89. The highest BCUT2D eigenvalue weighted by Gasteiger charge is 2.47. The maximum absolute atomic E-state index is 13.1. The number of hydrogen-bond acceptors (Lipinski definition) is 23. The number of carbonyl (C=O) groups is 3. The van der Waals surface area contributed by atoms with Gasteiger partial charge in [0.15, 0.2) is 0 Å². The zero-order valence-electron chi connectivity index (χ0n) is 48.8. The quantitative estimate of drug-likeness (QED) is 0.0231. The maximum atomic E-state index is 13.1. The molecule has 2 aliphatic rings. The summed E-state index contributed by atoms with van der Waals surface area (Å²) in [6, 6.07) is 35.2. The Hall–Kier alpha value is -7.48. The minimum absolute atomic E-state index is 0.000925. The summed E-state index contributed by atoms with van der Waals surface area (Å²) >= 11 is 3.63. The average molecular weight is 1290 g/mol. The lowest BCUT2D eigenvalue weighted by Gasteiger charge is -2.26. The maximum Gasteiger partial charge on any atom is 0.338 e. The number of nitro benzene ring substituents is 3. The van der Waals surface area contributed by atoms with Crippen LogP contribution in [0.5, 0.6) is 0 Å². The minimum atomic E-state index is -0.997. The van der Waals surface area contributed by atoms with Crippen molar-refractivity contribution >= 4 is 69.0 Å². The first-order valence-electron chi connectivity index (χ1n) is 27.1. The van der Waals surface area contributed by atoms with Gasteiger partial charge in [-0.25, -0.2) is 9.59 Å². The second-order valence-electron chi connectivity index (χ2n) is 19.9. The van der Waals surface area contributed by atoms with E-state index in [-0.39, 0.29) is 102 Å². The van der Waals surface area contributed by atoms with Crippen LogP contribution in [0.1, 0.15) is 81.7 Å². The number of aliphatic hydroxyl groups excluding tert-OH is 2. The molecule has 4 unspecified atom stereocenters. The first kappa shape index (κ1) is 74.8. The van der Waals surface area contributed by atoms with Crippen LogP contribution in [0.4, 0.5) is 17.1 Å². The number of aliphatic hydroxyl groups is 2. The fraction of sp³-hybridized carbons (Fsp3) is 0.441. The topological polar surface area (TPSA) is 363 Å². The van der Waals surface area contributed by atoms with Crippen molar-refractivity contribution in [3.05, 3.63) is 192 Å². The first-order chi connectivity index (χ1) is 42.1. The van der Waals surface area contributed by atoms with Crippen molar-refractivity contribution in [2.24, 2.45) is 11.8 Å². The normalized spacial score (nSPS) is 20.3. The predicted octanol–water partition coefficient (Wildman–Crippen LogP) is 7.77. The number of non-ortho nitro benzene ring substituents is 3. The summed E-state index contributed by atoms with van der Waals surface area (Å²) < 4.78 is 79.8. The summed E-state index contributed by atoms with van der Waals surface area (Å²) in [4.78, 5) is 67.0. The minimum Gasteiger partial charge on any atom is -0.458 e. The van der Waals surface area contributed by atoms with Gasteiger partial charge in [-0.05, 0) is 98.7 Å². The molecule has 7 rings (SSSR count). The van der Waals surface area contributed by atoms with Crippen molar-refractivity contribution in [1.82, 2.24) is 0 Å². The van der Waals surface area contributed by atoms with Crippen LogP contribution in [0.2, 0.25) is 0 Å². The summed E-state index contributed by atoms with van der Waals surface area (Å²) in [6.07, 6.45) is 0.0299. The second kappa shape index (κ2) is 40.1. The van der Waals surface area contributed by atoms with Gasteiger partial charge in [-0.3, -0.25) is 35.1 Å². The Labute approximate surface area is 519 Å². The molecule has 0 bridgehead atoms. The van der Waals surface area contributed by atoms with Crippen LogP contribution >= 0.6 is 11.6 Å². The van der Waals surface area contributed by atoms with Gasteiger partial charge in [0.25, 0.3) is 22.3 Å². The van der Waals surface area contributed by atoms with Crippen LogP contribution in [-0.2, 0) is 73.9 Å². The third kappa shape index (κ3) is 25.0. The molecule has 0 amide bonds. The number of hydrogen-bond donors (Lipinski definition) is 2. The zero-order chi connectivity index (χ0) is 65.3. The lowest BCUT2D eigenvalue weighted by molar-refractivity contribution is -0.385. The Bertz CT molecular complexity index is 2970. The number of ether oxygens (including phenoxy) is 8. The molecule has 0 aromatic heterocycles. The summed E-state index contributed by atoms with van der Waals surface area (Å²) in [5.74, 6) is -1.42. The molecular weight excluding hydrogens is 1220 g/mol. The van der Waals surface area contributed by atoms with Gasteiger partial charge in [-0.2, -0.15) is 16.8 Å². The lowest BCUT2D eigenvalue weighted by atomic mass is 9.86. The third-order valence-corrected chi connectivity index (χ3v) is 14.4. The van der Waals surface area contributed by atoms with Crippen molar-refractivity contribution in [2.45, 2.75) is 113 Å². The monoisotopic (exact) mass is 1290 g/mol. The standard InChI is InChI=1S/C33H36N2O11.C19H30O5.C7H4ClNO3.2O2S/c1-21(42-2)17-29-28(18-22-7-5-4-6-8-22)31(43-3)30(46-29)19-27(45-33(37)24-11-15-26(16-12-24)35(40)41)20-44-32(36)23-9-13-25(14-10-23)34(38)39;1-13(22-2)9-17-16(10-14-7-5-4-6-8-14)19(23-3)18(24-17)11-15(21)12-20;8-7(10)5-1-3-6(4-2-5)9(11)12;2*1-3-2/h4-16,21,27-31H,17-20H2,1-3H3;4-8,13,15-21H,9-12H2,1-3H3;1-4H;;/t21?,27-,28-,29?,30+,31+;13?,15-,16-,17?,18+,19+;;;/m00.../s1. The summed E-state index contributed by atoms with van der Waals surface area (Å²) in [6.45, 7) is 3.36. The molecule has 29 heteroatoms. The van der Waals surface area contributed by atoms with Gasteiger partial charge in [0.05, 0.1) is 87.4 Å². The van der Waals surface area contributed by atoms with E-state index in [2.05, 4.69) is 12.1 Å². The highest BCUT2D eigenvalue weighted by molar-refractivity contribution is 7.52. The van der Waals surface area contributed by atoms with E-state index in [9.17, 15) is 49.8 Å². The van der Waals surface area contributed by atoms with E-state index in [1.165, 1.54) is 78.4 Å². The van der Waals surface area contributed by atoms with Crippen LogP contribution in [0, 0.1) is 42.2 Å². The Morgan fingerprint density at radius 3 is 1.23 bits per heavy atom. The average Bonchev–Trinajstić information content (AvgIpc) is 1.93. The Morgan fingerprint density at radius 2 is 0.898 bits per heavy atom. The molecule has 0 saturated carbocycles. The molecule has 0 aliphatic carbocycles. The zero-order valence-corrected chi connectivity index (χ0v) is 51.2. The Balaban J connectivity index is 0.000000397.